The highest BCUT2D eigenvalue weighted by atomic mass is 32.2. The Morgan fingerprint density at radius 3 is 2.95 bits per heavy atom. The molecular formula is C15H19N3S. The molecule has 0 unspecified atom stereocenters. The molecule has 0 amide bonds. The second-order valence-corrected chi connectivity index (χ2v) is 5.56. The molecule has 0 atom stereocenters. The molecule has 2 aromatic rings. The lowest BCUT2D eigenvalue weighted by molar-refractivity contribution is 0.779. The Kier molecular flexibility index (Phi) is 4.75. The molecule has 0 fully saturated rings. The Morgan fingerprint density at radius 1 is 1.37 bits per heavy atom. The Labute approximate surface area is 118 Å². The van der Waals surface area contributed by atoms with Crippen molar-refractivity contribution in [1.82, 2.24) is 4.98 Å². The summed E-state index contributed by atoms with van der Waals surface area (Å²) in [5.41, 5.74) is 3.80. The number of unbranched alkanes of at least 4 members (excludes halogenated alkanes) is 2. The predicted octanol–water partition coefficient (Wildman–Crippen LogP) is 4.60. The Hall–Kier alpha value is -1.60. The minimum absolute atomic E-state index is 0.655. The third kappa shape index (κ3) is 3.24. The maximum absolute atomic E-state index is 9.01. The van der Waals surface area contributed by atoms with E-state index >= 15 is 0 Å². The fourth-order valence-electron chi connectivity index (χ4n) is 2.06. The summed E-state index contributed by atoms with van der Waals surface area (Å²) in [5.74, 6) is 1.13. The molecule has 0 bridgehead atoms. The van der Waals surface area contributed by atoms with Crippen LogP contribution < -0.4 is 4.72 Å². The smallest absolute Gasteiger partial charge is 0.121 e. The maximum atomic E-state index is 9.01. The third-order valence-corrected chi connectivity index (χ3v) is 4.08. The van der Waals surface area contributed by atoms with Gasteiger partial charge in [0.15, 0.2) is 0 Å². The predicted molar refractivity (Wildman–Crippen MR) is 83.4 cm³/mol. The lowest BCUT2D eigenvalue weighted by Crippen LogP contribution is -1.89. The van der Waals surface area contributed by atoms with E-state index in [4.69, 9.17) is 5.26 Å². The van der Waals surface area contributed by atoms with Crippen LogP contribution in [0.3, 0.4) is 0 Å². The summed E-state index contributed by atoms with van der Waals surface area (Å²) in [5, 5.41) is 10.1. The van der Waals surface area contributed by atoms with Gasteiger partial charge in [-0.1, -0.05) is 31.7 Å². The number of nitrogens with one attached hydrogen (secondary N) is 2. The fraction of sp³-hybridized carbons (Fsp3) is 0.400. The Morgan fingerprint density at radius 2 is 2.21 bits per heavy atom. The first-order valence-corrected chi connectivity index (χ1v) is 7.65. The van der Waals surface area contributed by atoms with Crippen molar-refractivity contribution >= 4 is 28.5 Å². The molecule has 2 N–H and O–H groups in total. The molecule has 4 heteroatoms. The number of nitrogens with zero attached hydrogens (tertiary/aromatic N) is 1. The molecule has 19 heavy (non-hydrogen) atoms. The van der Waals surface area contributed by atoms with Gasteiger partial charge >= 0.3 is 0 Å². The molecule has 0 aliphatic rings. The second kappa shape index (κ2) is 6.53. The van der Waals surface area contributed by atoms with Crippen molar-refractivity contribution in [3.05, 3.63) is 29.5 Å². The van der Waals surface area contributed by atoms with Gasteiger partial charge in [-0.3, -0.25) is 0 Å². The van der Waals surface area contributed by atoms with E-state index in [0.717, 1.165) is 27.9 Å². The lowest BCUT2D eigenvalue weighted by Gasteiger charge is -2.05. The molecule has 1 heterocycles. The van der Waals surface area contributed by atoms with Gasteiger partial charge in [-0.25, -0.2) is 0 Å². The first kappa shape index (κ1) is 13.8. The topological polar surface area (TPSA) is 51.6 Å². The van der Waals surface area contributed by atoms with E-state index in [0.29, 0.717) is 5.69 Å². The summed E-state index contributed by atoms with van der Waals surface area (Å²) >= 11 is 1.75. The molecule has 0 saturated heterocycles. The molecule has 2 rings (SSSR count). The van der Waals surface area contributed by atoms with Crippen molar-refractivity contribution in [3.8, 4) is 6.07 Å². The van der Waals surface area contributed by atoms with E-state index in [1.165, 1.54) is 19.3 Å². The number of aromatic nitrogens is 1. The Balaban J connectivity index is 2.05. The molecule has 1 aromatic carbocycles. The van der Waals surface area contributed by atoms with E-state index in [1.807, 2.05) is 19.1 Å². The number of rotatable bonds is 6. The highest BCUT2D eigenvalue weighted by Crippen LogP contribution is 2.25. The van der Waals surface area contributed by atoms with Gasteiger partial charge in [-0.2, -0.15) is 5.26 Å². The number of nitriles is 1. The second-order valence-electron chi connectivity index (χ2n) is 4.65. The zero-order valence-electron chi connectivity index (χ0n) is 11.4. The van der Waals surface area contributed by atoms with Crippen molar-refractivity contribution in [2.75, 3.05) is 10.5 Å². The van der Waals surface area contributed by atoms with E-state index in [-0.39, 0.29) is 0 Å². The van der Waals surface area contributed by atoms with Crippen LogP contribution in [0.1, 0.15) is 37.4 Å². The SMILES string of the molecule is CCCCCSNc1ccc2[nH]c(C#N)c(C)c2c1. The number of H-pyrrole nitrogens is 1. The lowest BCUT2D eigenvalue weighted by atomic mass is 10.1. The van der Waals surface area contributed by atoms with Crippen LogP contribution in [0.2, 0.25) is 0 Å². The van der Waals surface area contributed by atoms with E-state index in [9.17, 15) is 0 Å². The van der Waals surface area contributed by atoms with Crippen molar-refractivity contribution in [2.45, 2.75) is 33.1 Å². The van der Waals surface area contributed by atoms with Crippen LogP contribution in [0, 0.1) is 18.3 Å². The van der Waals surface area contributed by atoms with Crippen LogP contribution >= 0.6 is 11.9 Å². The van der Waals surface area contributed by atoms with Crippen molar-refractivity contribution in [2.24, 2.45) is 0 Å². The van der Waals surface area contributed by atoms with Gasteiger partial charge in [0.25, 0.3) is 0 Å². The van der Waals surface area contributed by atoms with Crippen LogP contribution in [-0.4, -0.2) is 10.7 Å². The largest absolute Gasteiger partial charge is 0.346 e. The summed E-state index contributed by atoms with van der Waals surface area (Å²) in [6, 6.07) is 8.37. The van der Waals surface area contributed by atoms with E-state index in [1.54, 1.807) is 11.9 Å². The minimum atomic E-state index is 0.655. The standard InChI is InChI=1S/C15H19N3S/c1-3-4-5-8-19-18-12-6-7-14-13(9-12)11(2)15(10-16)17-14/h6-7,9,17-18H,3-5,8H2,1-2H3. The van der Waals surface area contributed by atoms with Crippen molar-refractivity contribution in [3.63, 3.8) is 0 Å². The van der Waals surface area contributed by atoms with Gasteiger partial charge in [0.2, 0.25) is 0 Å². The zero-order valence-corrected chi connectivity index (χ0v) is 12.2. The summed E-state index contributed by atoms with van der Waals surface area (Å²) in [4.78, 5) is 3.13. The van der Waals surface area contributed by atoms with Gasteiger partial charge in [-0.05, 0) is 37.1 Å². The maximum Gasteiger partial charge on any atom is 0.121 e. The third-order valence-electron chi connectivity index (χ3n) is 3.21. The summed E-state index contributed by atoms with van der Waals surface area (Å²) in [6.45, 7) is 4.20. The van der Waals surface area contributed by atoms with Crippen LogP contribution in [0.25, 0.3) is 10.9 Å². The number of aromatic amines is 1. The molecule has 100 valence electrons. The van der Waals surface area contributed by atoms with Crippen LogP contribution in [0.4, 0.5) is 5.69 Å². The van der Waals surface area contributed by atoms with Crippen molar-refractivity contribution < 1.29 is 0 Å². The fourth-order valence-corrected chi connectivity index (χ4v) is 2.80. The van der Waals surface area contributed by atoms with Crippen LogP contribution in [0.15, 0.2) is 18.2 Å². The van der Waals surface area contributed by atoms with E-state index < -0.39 is 0 Å². The highest BCUT2D eigenvalue weighted by Gasteiger charge is 2.07. The summed E-state index contributed by atoms with van der Waals surface area (Å²) < 4.78 is 3.37. The zero-order chi connectivity index (χ0) is 13.7. The minimum Gasteiger partial charge on any atom is -0.346 e. The first-order valence-electron chi connectivity index (χ1n) is 6.66. The number of hydrogen-bond acceptors (Lipinski definition) is 3. The van der Waals surface area contributed by atoms with Crippen molar-refractivity contribution in [1.29, 1.82) is 5.26 Å². The molecule has 1 aromatic heterocycles. The molecule has 0 aliphatic heterocycles. The van der Waals surface area contributed by atoms with Gasteiger partial charge in [0.1, 0.15) is 11.8 Å². The average Bonchev–Trinajstić information content (AvgIpc) is 2.75. The van der Waals surface area contributed by atoms with Gasteiger partial charge in [-0.15, -0.1) is 0 Å². The molecular weight excluding hydrogens is 254 g/mol. The number of aryl methyl sites for hydroxylation is 1. The number of fused-ring (bicyclic) bond motifs is 1. The number of anilines is 1. The summed E-state index contributed by atoms with van der Waals surface area (Å²) in [6.07, 6.45) is 3.79. The summed E-state index contributed by atoms with van der Waals surface area (Å²) in [7, 11) is 0. The van der Waals surface area contributed by atoms with Crippen LogP contribution in [0.5, 0.6) is 0 Å². The van der Waals surface area contributed by atoms with E-state index in [2.05, 4.69) is 28.8 Å². The average molecular weight is 273 g/mol. The number of hydrogen-bond donors (Lipinski definition) is 2. The molecule has 3 nitrogen and oxygen atoms in total. The molecule has 0 spiro atoms. The molecule has 0 radical (unpaired) electrons. The normalized spacial score (nSPS) is 10.6. The number of benzene rings is 1. The quantitative estimate of drug-likeness (QED) is 0.597. The van der Waals surface area contributed by atoms with Crippen LogP contribution in [-0.2, 0) is 0 Å². The van der Waals surface area contributed by atoms with Gasteiger partial charge < -0.3 is 9.71 Å². The molecule has 0 aliphatic carbocycles. The highest BCUT2D eigenvalue weighted by molar-refractivity contribution is 8.00. The monoisotopic (exact) mass is 273 g/mol. The van der Waals surface area contributed by atoms with Gasteiger partial charge in [0.05, 0.1) is 0 Å². The Bertz CT molecular complexity index is 595. The van der Waals surface area contributed by atoms with Gasteiger partial charge in [0, 0.05) is 22.3 Å². The molecule has 0 saturated carbocycles. The first-order chi connectivity index (χ1) is 9.26.